The number of rotatable bonds is 2. The standard InChI is InChI=1S/C8H11NO.Na.H/c1-2-9-7-4-3-5-8(10)6-7;;/h3-6,9-10H,2H2,1H3;;/q;+1;-1. The number of benzene rings is 1. The summed E-state index contributed by atoms with van der Waals surface area (Å²) in [6, 6.07) is 7.08. The van der Waals surface area contributed by atoms with Crippen molar-refractivity contribution in [1.29, 1.82) is 0 Å². The van der Waals surface area contributed by atoms with Crippen LogP contribution in [0.15, 0.2) is 24.3 Å². The average Bonchev–Trinajstić information content (AvgIpc) is 1.88. The molecule has 0 saturated heterocycles. The maximum Gasteiger partial charge on any atom is 1.00 e. The quantitative estimate of drug-likeness (QED) is 0.542. The second-order valence-electron chi connectivity index (χ2n) is 2.08. The van der Waals surface area contributed by atoms with Crippen LogP contribution in [-0.2, 0) is 0 Å². The molecule has 0 aliphatic carbocycles. The molecule has 0 amide bonds. The zero-order valence-electron chi connectivity index (χ0n) is 7.96. The molecule has 2 N–H and O–H groups in total. The van der Waals surface area contributed by atoms with Crippen molar-refractivity contribution >= 4 is 5.69 Å². The molecule has 0 spiro atoms. The van der Waals surface area contributed by atoms with Crippen molar-refractivity contribution in [3.8, 4) is 5.75 Å². The summed E-state index contributed by atoms with van der Waals surface area (Å²) in [6.45, 7) is 2.90. The van der Waals surface area contributed by atoms with Gasteiger partial charge in [-0.3, -0.25) is 0 Å². The van der Waals surface area contributed by atoms with Crippen molar-refractivity contribution in [3.63, 3.8) is 0 Å². The van der Waals surface area contributed by atoms with E-state index in [1.807, 2.05) is 19.1 Å². The summed E-state index contributed by atoms with van der Waals surface area (Å²) in [7, 11) is 0. The first-order valence-electron chi connectivity index (χ1n) is 3.36. The summed E-state index contributed by atoms with van der Waals surface area (Å²) in [6.07, 6.45) is 0. The van der Waals surface area contributed by atoms with Crippen molar-refractivity contribution in [2.24, 2.45) is 0 Å². The van der Waals surface area contributed by atoms with Gasteiger partial charge in [0.05, 0.1) is 0 Å². The maximum absolute atomic E-state index is 9.00. The molecule has 0 fully saturated rings. The molecular formula is C8H12NNaO. The summed E-state index contributed by atoms with van der Waals surface area (Å²) in [5.74, 6) is 0.304. The van der Waals surface area contributed by atoms with E-state index in [-0.39, 0.29) is 31.0 Å². The minimum Gasteiger partial charge on any atom is -1.00 e. The largest absolute Gasteiger partial charge is 1.00 e. The zero-order valence-corrected chi connectivity index (χ0v) is 8.96. The Morgan fingerprint density at radius 1 is 1.55 bits per heavy atom. The van der Waals surface area contributed by atoms with Crippen molar-refractivity contribution in [2.75, 3.05) is 11.9 Å². The van der Waals surface area contributed by atoms with Gasteiger partial charge in [0, 0.05) is 18.3 Å². The molecule has 0 unspecified atom stereocenters. The molecule has 2 nitrogen and oxygen atoms in total. The minimum absolute atomic E-state index is 0. The van der Waals surface area contributed by atoms with E-state index >= 15 is 0 Å². The van der Waals surface area contributed by atoms with E-state index in [0.29, 0.717) is 5.75 Å². The molecule has 0 aliphatic rings. The number of aromatic hydroxyl groups is 1. The van der Waals surface area contributed by atoms with Gasteiger partial charge < -0.3 is 11.8 Å². The molecule has 0 bridgehead atoms. The predicted molar refractivity (Wildman–Crippen MR) is 43.4 cm³/mol. The van der Waals surface area contributed by atoms with Gasteiger partial charge in [-0.15, -0.1) is 0 Å². The Kier molecular flexibility index (Phi) is 5.38. The third kappa shape index (κ3) is 3.65. The van der Waals surface area contributed by atoms with E-state index in [1.165, 1.54) is 0 Å². The first kappa shape index (κ1) is 10.8. The second kappa shape index (κ2) is 5.47. The Labute approximate surface area is 90.4 Å². The topological polar surface area (TPSA) is 32.3 Å². The summed E-state index contributed by atoms with van der Waals surface area (Å²) in [5.41, 5.74) is 0.961. The smallest absolute Gasteiger partial charge is 1.00 e. The summed E-state index contributed by atoms with van der Waals surface area (Å²) >= 11 is 0. The van der Waals surface area contributed by atoms with Crippen LogP contribution in [0.1, 0.15) is 8.35 Å². The molecule has 11 heavy (non-hydrogen) atoms. The van der Waals surface area contributed by atoms with E-state index in [1.54, 1.807) is 12.1 Å². The van der Waals surface area contributed by atoms with Crippen LogP contribution in [0.5, 0.6) is 5.75 Å². The van der Waals surface area contributed by atoms with Crippen LogP contribution < -0.4 is 34.9 Å². The second-order valence-corrected chi connectivity index (χ2v) is 2.08. The molecule has 1 aromatic carbocycles. The molecule has 0 saturated carbocycles. The Morgan fingerprint density at radius 3 is 2.82 bits per heavy atom. The monoisotopic (exact) mass is 161 g/mol. The molecule has 1 rings (SSSR count). The minimum atomic E-state index is 0. The molecule has 0 radical (unpaired) electrons. The molecule has 0 aromatic heterocycles. The number of hydrogen-bond acceptors (Lipinski definition) is 2. The van der Waals surface area contributed by atoms with Crippen LogP contribution in [0, 0.1) is 0 Å². The Bertz CT molecular complexity index is 220. The summed E-state index contributed by atoms with van der Waals surface area (Å²) in [4.78, 5) is 0. The first-order valence-corrected chi connectivity index (χ1v) is 3.36. The number of hydrogen-bond donors (Lipinski definition) is 2. The fourth-order valence-corrected chi connectivity index (χ4v) is 0.820. The Balaban J connectivity index is 0. The van der Waals surface area contributed by atoms with Crippen LogP contribution in [0.2, 0.25) is 0 Å². The van der Waals surface area contributed by atoms with Gasteiger partial charge in [0.1, 0.15) is 5.75 Å². The third-order valence-corrected chi connectivity index (χ3v) is 1.23. The van der Waals surface area contributed by atoms with Gasteiger partial charge in [0.15, 0.2) is 0 Å². The van der Waals surface area contributed by atoms with E-state index in [9.17, 15) is 0 Å². The van der Waals surface area contributed by atoms with E-state index < -0.39 is 0 Å². The van der Waals surface area contributed by atoms with Crippen LogP contribution in [0.3, 0.4) is 0 Å². The first-order chi connectivity index (χ1) is 4.83. The number of phenolic OH excluding ortho intramolecular Hbond substituents is 1. The van der Waals surface area contributed by atoms with Crippen LogP contribution in [-0.4, -0.2) is 11.7 Å². The summed E-state index contributed by atoms with van der Waals surface area (Å²) in [5, 5.41) is 12.1. The zero-order chi connectivity index (χ0) is 7.40. The molecule has 0 atom stereocenters. The Morgan fingerprint density at radius 2 is 2.27 bits per heavy atom. The molecule has 3 heteroatoms. The fraction of sp³-hybridized carbons (Fsp3) is 0.250. The van der Waals surface area contributed by atoms with Gasteiger partial charge in [-0.2, -0.15) is 0 Å². The van der Waals surface area contributed by atoms with Crippen LogP contribution in [0.25, 0.3) is 0 Å². The predicted octanol–water partition coefficient (Wildman–Crippen LogP) is -1.06. The van der Waals surface area contributed by atoms with Gasteiger partial charge >= 0.3 is 29.6 Å². The number of anilines is 1. The van der Waals surface area contributed by atoms with E-state index in [4.69, 9.17) is 5.11 Å². The SMILES string of the molecule is CCNc1cccc(O)c1.[H-].[Na+]. The third-order valence-electron chi connectivity index (χ3n) is 1.23. The number of nitrogens with one attached hydrogen (secondary N) is 1. The Hall–Kier alpha value is -0.180. The molecule has 0 heterocycles. The van der Waals surface area contributed by atoms with Gasteiger partial charge in [0.2, 0.25) is 0 Å². The normalized spacial score (nSPS) is 8.45. The van der Waals surface area contributed by atoms with Crippen molar-refractivity contribution in [1.82, 2.24) is 0 Å². The van der Waals surface area contributed by atoms with E-state index in [0.717, 1.165) is 12.2 Å². The molecular weight excluding hydrogens is 149 g/mol. The van der Waals surface area contributed by atoms with Crippen LogP contribution in [0.4, 0.5) is 5.69 Å². The van der Waals surface area contributed by atoms with E-state index in [2.05, 4.69) is 5.32 Å². The summed E-state index contributed by atoms with van der Waals surface area (Å²) < 4.78 is 0. The number of phenols is 1. The fourth-order valence-electron chi connectivity index (χ4n) is 0.820. The van der Waals surface area contributed by atoms with Crippen molar-refractivity contribution in [3.05, 3.63) is 24.3 Å². The van der Waals surface area contributed by atoms with Gasteiger partial charge in [-0.1, -0.05) is 6.07 Å². The average molecular weight is 161 g/mol. The molecule has 0 aliphatic heterocycles. The molecule has 1 aromatic rings. The van der Waals surface area contributed by atoms with Gasteiger partial charge in [0.25, 0.3) is 0 Å². The van der Waals surface area contributed by atoms with Crippen LogP contribution >= 0.6 is 0 Å². The van der Waals surface area contributed by atoms with Gasteiger partial charge in [-0.05, 0) is 19.1 Å². The van der Waals surface area contributed by atoms with Gasteiger partial charge in [-0.25, -0.2) is 0 Å². The van der Waals surface area contributed by atoms with Crippen molar-refractivity contribution < 1.29 is 36.1 Å². The van der Waals surface area contributed by atoms with Crippen molar-refractivity contribution in [2.45, 2.75) is 6.92 Å². The molecule has 56 valence electrons. The maximum atomic E-state index is 9.00.